The van der Waals surface area contributed by atoms with Crippen LogP contribution in [0.4, 0.5) is 5.69 Å². The van der Waals surface area contributed by atoms with Crippen LogP contribution >= 0.6 is 27.5 Å². The highest BCUT2D eigenvalue weighted by Crippen LogP contribution is 2.59. The van der Waals surface area contributed by atoms with Crippen molar-refractivity contribution >= 4 is 56.9 Å². The van der Waals surface area contributed by atoms with Gasteiger partial charge in [0.15, 0.2) is 0 Å². The molecule has 0 saturated carbocycles. The van der Waals surface area contributed by atoms with Gasteiger partial charge < -0.3 is 29.7 Å². The number of ether oxygens (including phenoxy) is 2. The molecule has 0 aromatic heterocycles. The van der Waals surface area contributed by atoms with E-state index in [0.717, 1.165) is 0 Å². The summed E-state index contributed by atoms with van der Waals surface area (Å²) in [6.45, 7) is 1.76. The third kappa shape index (κ3) is 5.67. The molecule has 5 bridgehead atoms. The van der Waals surface area contributed by atoms with E-state index in [4.69, 9.17) is 21.1 Å². The first-order valence-electron chi connectivity index (χ1n) is 15.4. The molecule has 2 aromatic rings. The van der Waals surface area contributed by atoms with Gasteiger partial charge in [-0.25, -0.2) is 0 Å². The lowest BCUT2D eigenvalue weighted by Gasteiger charge is -2.36. The minimum absolute atomic E-state index is 0.0765. The van der Waals surface area contributed by atoms with E-state index < -0.39 is 59.5 Å². The first-order chi connectivity index (χ1) is 22.2. The highest BCUT2D eigenvalue weighted by Gasteiger charge is 2.75. The average Bonchev–Trinajstić information content (AvgIpc) is 3.63. The van der Waals surface area contributed by atoms with Gasteiger partial charge in [-0.2, -0.15) is 0 Å². The van der Waals surface area contributed by atoms with Crippen LogP contribution in [-0.2, 0) is 28.7 Å². The maximum Gasteiger partial charge on any atom is 0.313 e. The maximum atomic E-state index is 14.8. The van der Waals surface area contributed by atoms with Crippen LogP contribution in [0.5, 0.6) is 0 Å². The number of aliphatic hydroxyl groups is 1. The van der Waals surface area contributed by atoms with Crippen molar-refractivity contribution in [3.05, 3.63) is 87.9 Å². The number of esters is 1. The highest BCUT2D eigenvalue weighted by molar-refractivity contribution is 9.11. The van der Waals surface area contributed by atoms with Gasteiger partial charge in [-0.3, -0.25) is 19.2 Å². The molecule has 2 saturated heterocycles. The van der Waals surface area contributed by atoms with Crippen LogP contribution in [-0.4, -0.2) is 77.2 Å². The number of para-hydroxylation sites is 1. The lowest BCUT2D eigenvalue weighted by Crippen LogP contribution is -2.56. The van der Waals surface area contributed by atoms with Crippen LogP contribution in [0.25, 0.3) is 0 Å². The van der Waals surface area contributed by atoms with E-state index in [1.54, 1.807) is 43.3 Å². The Kier molecular flexibility index (Phi) is 9.38. The Bertz CT molecular complexity index is 1590. The third-order valence-corrected chi connectivity index (χ3v) is 10.1. The molecule has 242 valence electrons. The summed E-state index contributed by atoms with van der Waals surface area (Å²) in [7, 11) is 0. The average molecular weight is 713 g/mol. The predicted molar refractivity (Wildman–Crippen MR) is 174 cm³/mol. The minimum Gasteiger partial charge on any atom is -0.455 e. The molecule has 3 amide bonds. The quantitative estimate of drug-likeness (QED) is 0.354. The van der Waals surface area contributed by atoms with Crippen LogP contribution in [0.3, 0.4) is 0 Å². The third-order valence-electron chi connectivity index (χ3n) is 9.11. The summed E-state index contributed by atoms with van der Waals surface area (Å²) in [5.41, 5.74) is -0.355. The Morgan fingerprint density at radius 3 is 2.50 bits per heavy atom. The van der Waals surface area contributed by atoms with E-state index in [2.05, 4.69) is 21.2 Å². The van der Waals surface area contributed by atoms with Crippen LogP contribution in [0.15, 0.2) is 77.3 Å². The van der Waals surface area contributed by atoms with Crippen molar-refractivity contribution in [1.82, 2.24) is 10.2 Å². The fraction of sp³-hybridized carbons (Fsp3) is 0.412. The van der Waals surface area contributed by atoms with Gasteiger partial charge >= 0.3 is 5.97 Å². The number of nitrogens with zero attached hydrogens (tertiary/aromatic N) is 2. The number of anilines is 1. The van der Waals surface area contributed by atoms with Gasteiger partial charge in [0.05, 0.1) is 22.7 Å². The molecule has 4 aliphatic heterocycles. The normalized spacial score (nSPS) is 32.2. The van der Waals surface area contributed by atoms with Gasteiger partial charge in [0, 0.05) is 30.6 Å². The number of hydrogen-bond donors (Lipinski definition) is 2. The van der Waals surface area contributed by atoms with Crippen molar-refractivity contribution in [1.29, 1.82) is 0 Å². The Labute approximate surface area is 280 Å². The number of hydrogen-bond acceptors (Lipinski definition) is 7. The second-order valence-corrected chi connectivity index (χ2v) is 13.3. The van der Waals surface area contributed by atoms with Crippen molar-refractivity contribution in [2.24, 2.45) is 11.8 Å². The van der Waals surface area contributed by atoms with Crippen molar-refractivity contribution in [3.63, 3.8) is 0 Å². The molecule has 7 atom stereocenters. The minimum atomic E-state index is -1.48. The molecule has 4 aliphatic rings. The van der Waals surface area contributed by atoms with Crippen LogP contribution in [0.2, 0.25) is 5.02 Å². The monoisotopic (exact) mass is 711 g/mol. The second kappa shape index (κ2) is 13.3. The fourth-order valence-electron chi connectivity index (χ4n) is 7.09. The highest BCUT2D eigenvalue weighted by atomic mass is 79.9. The number of carbonyl (C=O) groups excluding carboxylic acids is 4. The molecule has 4 heterocycles. The number of amides is 3. The van der Waals surface area contributed by atoms with E-state index >= 15 is 0 Å². The molecule has 0 unspecified atom stereocenters. The van der Waals surface area contributed by atoms with E-state index in [9.17, 15) is 24.3 Å². The van der Waals surface area contributed by atoms with Crippen molar-refractivity contribution in [3.8, 4) is 0 Å². The molecule has 10 nitrogen and oxygen atoms in total. The van der Waals surface area contributed by atoms with Gasteiger partial charge in [0.25, 0.3) is 5.91 Å². The van der Waals surface area contributed by atoms with Crippen LogP contribution in [0, 0.1) is 11.8 Å². The number of cyclic esters (lactones) is 1. The molecule has 46 heavy (non-hydrogen) atoms. The molecule has 12 heteroatoms. The standard InChI is InChI=1S/C34H35BrClN3O7/c1-20-28(21-11-4-2-5-12-21)45-33(44)26-27-31(42)39(17-10-18-40)30(34(27)19-22(35)29(26)46-34)32(43)38(24-14-8-7-13-23(24)36)16-9-3-6-15-25(41)37-20/h2-5,7-9,11-14,19-20,26-30,40H,6,10,15-18H2,1H3,(H,37,41)/b9-3-/t20-,26+,27-,28+,29+,30+,34-/m1/s1. The summed E-state index contributed by atoms with van der Waals surface area (Å²) < 4.78 is 13.3. The Morgan fingerprint density at radius 1 is 1.02 bits per heavy atom. The predicted octanol–water partition coefficient (Wildman–Crippen LogP) is 4.07. The number of benzene rings is 2. The van der Waals surface area contributed by atoms with Gasteiger partial charge in [-0.15, -0.1) is 0 Å². The number of nitrogens with one attached hydrogen (secondary N) is 1. The number of halogens is 2. The van der Waals surface area contributed by atoms with Gasteiger partial charge in [-0.05, 0) is 43.5 Å². The van der Waals surface area contributed by atoms with Gasteiger partial charge in [0.1, 0.15) is 29.8 Å². The number of allylic oxidation sites excluding steroid dienone is 1. The summed E-state index contributed by atoms with van der Waals surface area (Å²) >= 11 is 10.2. The van der Waals surface area contributed by atoms with Crippen molar-refractivity contribution < 1.29 is 33.8 Å². The zero-order valence-electron chi connectivity index (χ0n) is 25.2. The Morgan fingerprint density at radius 2 is 1.76 bits per heavy atom. The van der Waals surface area contributed by atoms with E-state index in [1.165, 1.54) is 9.80 Å². The zero-order chi connectivity index (χ0) is 32.6. The lowest BCUT2D eigenvalue weighted by atomic mass is 9.74. The molecule has 6 rings (SSSR count). The first-order valence-corrected chi connectivity index (χ1v) is 16.6. The number of aliphatic hydroxyl groups excluding tert-OH is 1. The molecule has 2 fully saturated rings. The van der Waals surface area contributed by atoms with E-state index in [0.29, 0.717) is 27.2 Å². The Balaban J connectivity index is 1.47. The van der Waals surface area contributed by atoms with Crippen molar-refractivity contribution in [2.45, 2.75) is 56.1 Å². The molecule has 2 N–H and O–H groups in total. The summed E-state index contributed by atoms with van der Waals surface area (Å²) in [6, 6.07) is 14.3. The summed E-state index contributed by atoms with van der Waals surface area (Å²) in [5, 5.41) is 13.0. The topological polar surface area (TPSA) is 125 Å². The molecular weight excluding hydrogens is 678 g/mol. The lowest BCUT2D eigenvalue weighted by molar-refractivity contribution is -0.161. The Hall–Kier alpha value is -3.51. The van der Waals surface area contributed by atoms with E-state index in [-0.39, 0.29) is 38.4 Å². The maximum absolute atomic E-state index is 14.8. The zero-order valence-corrected chi connectivity index (χ0v) is 27.5. The first kappa shape index (κ1) is 32.4. The smallest absolute Gasteiger partial charge is 0.313 e. The summed E-state index contributed by atoms with van der Waals surface area (Å²) in [4.78, 5) is 59.2. The number of likely N-dealkylation sites (tertiary alicyclic amines) is 1. The molecule has 1 spiro atoms. The number of rotatable bonds is 5. The summed E-state index contributed by atoms with van der Waals surface area (Å²) in [6.07, 6.45) is 4.45. The largest absolute Gasteiger partial charge is 0.455 e. The van der Waals surface area contributed by atoms with E-state index in [1.807, 2.05) is 36.4 Å². The number of carbonyl (C=O) groups is 4. The van der Waals surface area contributed by atoms with Gasteiger partial charge in [-0.1, -0.05) is 82.1 Å². The second-order valence-electron chi connectivity index (χ2n) is 12.0. The fourth-order valence-corrected chi connectivity index (χ4v) is 8.07. The van der Waals surface area contributed by atoms with Gasteiger partial charge in [0.2, 0.25) is 11.8 Å². The number of fused-ring (bicyclic) bond motifs is 2. The van der Waals surface area contributed by atoms with Crippen LogP contribution < -0.4 is 10.2 Å². The molecule has 2 aromatic carbocycles. The van der Waals surface area contributed by atoms with Crippen molar-refractivity contribution in [2.75, 3.05) is 24.6 Å². The van der Waals surface area contributed by atoms with Crippen LogP contribution in [0.1, 0.15) is 37.9 Å². The SMILES string of the molecule is C[C@H]1NC(=O)CC/C=C\CN(c2ccccc2Cl)C(=O)[C@@H]2N(CCCO)C(=O)[C@H]3[C@H](C(=O)O[C@@H]1c1ccccc1)[C@H]1O[C@@]23C=C1Br. The molecular formula is C34H35BrClN3O7. The summed E-state index contributed by atoms with van der Waals surface area (Å²) in [5.74, 6) is -3.90. The molecule has 0 aliphatic carbocycles. The molecule has 0 radical (unpaired) electrons.